The molecule has 0 atom stereocenters. The topological polar surface area (TPSA) is 41.1 Å². The molecule has 0 saturated heterocycles. The lowest BCUT2D eigenvalue weighted by Gasteiger charge is -2.15. The van der Waals surface area contributed by atoms with Gasteiger partial charge in [0.25, 0.3) is 0 Å². The molecular formula is C20H24N2O. The number of ketones is 1. The van der Waals surface area contributed by atoms with Crippen LogP contribution in [0.3, 0.4) is 0 Å². The fourth-order valence-corrected chi connectivity index (χ4v) is 2.34. The molecule has 0 unspecified atom stereocenters. The first-order chi connectivity index (χ1) is 11.1. The van der Waals surface area contributed by atoms with Gasteiger partial charge < -0.3 is 10.6 Å². The lowest BCUT2D eigenvalue weighted by atomic mass is 10.1. The maximum atomic E-state index is 11.2. The van der Waals surface area contributed by atoms with Crippen LogP contribution in [0.5, 0.6) is 0 Å². The predicted octanol–water partition coefficient (Wildman–Crippen LogP) is 4.90. The molecule has 0 aromatic heterocycles. The third kappa shape index (κ3) is 5.29. The summed E-state index contributed by atoms with van der Waals surface area (Å²) in [6.07, 6.45) is 3.54. The van der Waals surface area contributed by atoms with E-state index in [9.17, 15) is 4.79 Å². The van der Waals surface area contributed by atoms with Crippen molar-refractivity contribution in [3.63, 3.8) is 0 Å². The molecule has 2 aromatic carbocycles. The van der Waals surface area contributed by atoms with Gasteiger partial charge in [-0.05, 0) is 55.7 Å². The number of Topliss-reactive ketones (excluding diaryl/α,β-unsaturated/α-hetero) is 1. The maximum absolute atomic E-state index is 11.2. The molecule has 0 amide bonds. The number of nitrogens with one attached hydrogen (secondary N) is 2. The number of hydrogen-bond acceptors (Lipinski definition) is 3. The number of aryl methyl sites for hydroxylation is 1. The highest BCUT2D eigenvalue weighted by Crippen LogP contribution is 2.18. The molecule has 3 nitrogen and oxygen atoms in total. The highest BCUT2D eigenvalue weighted by molar-refractivity contribution is 5.78. The third-order valence-corrected chi connectivity index (χ3v) is 3.51. The quantitative estimate of drug-likeness (QED) is 0.764. The van der Waals surface area contributed by atoms with Crippen LogP contribution in [0.15, 0.2) is 60.4 Å². The fraction of sp³-hybridized carbons (Fsp3) is 0.250. The standard InChI is InChI=1S/C20H24N2O/c1-4-7-20(22-19-9-6-5-8-15(19)2)21-18-12-10-17(11-13-18)14-16(3)23/h5-13,21-22H,4,14H2,1-3H3/b20-7-. The van der Waals surface area contributed by atoms with Crippen molar-refractivity contribution in [3.8, 4) is 0 Å². The Bertz CT molecular complexity index is 687. The molecule has 2 N–H and O–H groups in total. The first kappa shape index (κ1) is 16.8. The summed E-state index contributed by atoms with van der Waals surface area (Å²) in [5.41, 5.74) is 4.33. The highest BCUT2D eigenvalue weighted by Gasteiger charge is 2.02. The fourth-order valence-electron chi connectivity index (χ4n) is 2.34. The second-order valence-corrected chi connectivity index (χ2v) is 5.67. The van der Waals surface area contributed by atoms with E-state index in [2.05, 4.69) is 42.7 Å². The normalized spacial score (nSPS) is 11.2. The molecule has 0 aliphatic heterocycles. The monoisotopic (exact) mass is 308 g/mol. The molecule has 3 heteroatoms. The average molecular weight is 308 g/mol. The molecule has 2 rings (SSSR count). The Balaban J connectivity index is 2.09. The van der Waals surface area contributed by atoms with Crippen LogP contribution in [-0.4, -0.2) is 5.78 Å². The van der Waals surface area contributed by atoms with E-state index in [1.54, 1.807) is 6.92 Å². The zero-order valence-electron chi connectivity index (χ0n) is 14.0. The predicted molar refractivity (Wildman–Crippen MR) is 97.6 cm³/mol. The summed E-state index contributed by atoms with van der Waals surface area (Å²) in [6, 6.07) is 16.2. The molecule has 0 aliphatic rings. The van der Waals surface area contributed by atoms with Gasteiger partial charge in [0.1, 0.15) is 11.6 Å². The van der Waals surface area contributed by atoms with Crippen LogP contribution in [0.25, 0.3) is 0 Å². The molecule has 0 radical (unpaired) electrons. The zero-order valence-corrected chi connectivity index (χ0v) is 14.0. The van der Waals surface area contributed by atoms with Gasteiger partial charge in [0, 0.05) is 17.8 Å². The number of carbonyl (C=O) groups excluding carboxylic acids is 1. The first-order valence-electron chi connectivity index (χ1n) is 7.96. The first-order valence-corrected chi connectivity index (χ1v) is 7.96. The van der Waals surface area contributed by atoms with E-state index in [0.717, 1.165) is 29.2 Å². The van der Waals surface area contributed by atoms with Crippen LogP contribution in [0.2, 0.25) is 0 Å². The van der Waals surface area contributed by atoms with E-state index in [1.165, 1.54) is 5.56 Å². The Kier molecular flexibility index (Phi) is 5.98. The van der Waals surface area contributed by atoms with Gasteiger partial charge in [-0.25, -0.2) is 0 Å². The smallest absolute Gasteiger partial charge is 0.134 e. The van der Waals surface area contributed by atoms with Gasteiger partial charge in [-0.1, -0.05) is 37.3 Å². The lowest BCUT2D eigenvalue weighted by Crippen LogP contribution is -2.10. The molecule has 0 saturated carbocycles. The van der Waals surface area contributed by atoms with E-state index >= 15 is 0 Å². The van der Waals surface area contributed by atoms with Crippen molar-refractivity contribution in [2.75, 3.05) is 10.6 Å². The third-order valence-electron chi connectivity index (χ3n) is 3.51. The molecule has 2 aromatic rings. The second kappa shape index (κ2) is 8.18. The van der Waals surface area contributed by atoms with Crippen LogP contribution < -0.4 is 10.6 Å². The SMILES string of the molecule is CC/C=C(/Nc1ccc(CC(C)=O)cc1)Nc1ccccc1C. The van der Waals surface area contributed by atoms with Gasteiger partial charge in [-0.15, -0.1) is 0 Å². The summed E-state index contributed by atoms with van der Waals surface area (Å²) in [5.74, 6) is 1.14. The number of benzene rings is 2. The minimum Gasteiger partial charge on any atom is -0.342 e. The van der Waals surface area contributed by atoms with Gasteiger partial charge in [-0.3, -0.25) is 4.79 Å². The summed E-state index contributed by atoms with van der Waals surface area (Å²) in [7, 11) is 0. The highest BCUT2D eigenvalue weighted by atomic mass is 16.1. The van der Waals surface area contributed by atoms with Crippen LogP contribution >= 0.6 is 0 Å². The summed E-state index contributed by atoms with van der Waals surface area (Å²) < 4.78 is 0. The number of rotatable bonds is 7. The number of para-hydroxylation sites is 1. The Morgan fingerprint density at radius 3 is 2.35 bits per heavy atom. The molecule has 0 aliphatic carbocycles. The van der Waals surface area contributed by atoms with Crippen molar-refractivity contribution in [2.24, 2.45) is 0 Å². The number of anilines is 2. The summed E-state index contributed by atoms with van der Waals surface area (Å²) in [6.45, 7) is 5.81. The van der Waals surface area contributed by atoms with E-state index < -0.39 is 0 Å². The van der Waals surface area contributed by atoms with Gasteiger partial charge in [-0.2, -0.15) is 0 Å². The van der Waals surface area contributed by atoms with Crippen LogP contribution in [0.1, 0.15) is 31.4 Å². The summed E-state index contributed by atoms with van der Waals surface area (Å²) in [5, 5.41) is 6.84. The Labute approximate surface area is 138 Å². The van der Waals surface area contributed by atoms with Gasteiger partial charge in [0.15, 0.2) is 0 Å². The minimum absolute atomic E-state index is 0.179. The van der Waals surface area contributed by atoms with Crippen molar-refractivity contribution in [1.29, 1.82) is 0 Å². The molecular weight excluding hydrogens is 284 g/mol. The van der Waals surface area contributed by atoms with Crippen molar-refractivity contribution < 1.29 is 4.79 Å². The van der Waals surface area contributed by atoms with Crippen molar-refractivity contribution in [2.45, 2.75) is 33.6 Å². The van der Waals surface area contributed by atoms with Gasteiger partial charge in [0.05, 0.1) is 0 Å². The maximum Gasteiger partial charge on any atom is 0.134 e. The Hall–Kier alpha value is -2.55. The minimum atomic E-state index is 0.179. The number of hydrogen-bond donors (Lipinski definition) is 2. The molecule has 0 spiro atoms. The van der Waals surface area contributed by atoms with Crippen molar-refractivity contribution in [1.82, 2.24) is 0 Å². The van der Waals surface area contributed by atoms with Gasteiger partial charge >= 0.3 is 0 Å². The average Bonchev–Trinajstić information content (AvgIpc) is 2.51. The second-order valence-electron chi connectivity index (χ2n) is 5.67. The number of carbonyl (C=O) groups is 1. The Morgan fingerprint density at radius 2 is 1.74 bits per heavy atom. The molecule has 23 heavy (non-hydrogen) atoms. The largest absolute Gasteiger partial charge is 0.342 e. The van der Waals surface area contributed by atoms with Crippen LogP contribution in [-0.2, 0) is 11.2 Å². The zero-order chi connectivity index (χ0) is 16.7. The van der Waals surface area contributed by atoms with Crippen LogP contribution in [0.4, 0.5) is 11.4 Å². The molecule has 0 bridgehead atoms. The Morgan fingerprint density at radius 1 is 1.04 bits per heavy atom. The van der Waals surface area contributed by atoms with E-state index in [4.69, 9.17) is 0 Å². The van der Waals surface area contributed by atoms with Gasteiger partial charge in [0.2, 0.25) is 0 Å². The van der Waals surface area contributed by atoms with E-state index in [-0.39, 0.29) is 5.78 Å². The molecule has 120 valence electrons. The van der Waals surface area contributed by atoms with Crippen molar-refractivity contribution >= 4 is 17.2 Å². The summed E-state index contributed by atoms with van der Waals surface area (Å²) >= 11 is 0. The summed E-state index contributed by atoms with van der Waals surface area (Å²) in [4.78, 5) is 11.2. The molecule has 0 heterocycles. The molecule has 0 fully saturated rings. The van der Waals surface area contributed by atoms with Crippen molar-refractivity contribution in [3.05, 3.63) is 71.6 Å². The van der Waals surface area contributed by atoms with E-state index in [1.807, 2.05) is 36.4 Å². The van der Waals surface area contributed by atoms with Crippen LogP contribution in [0, 0.1) is 6.92 Å². The lowest BCUT2D eigenvalue weighted by molar-refractivity contribution is -0.116. The number of allylic oxidation sites excluding steroid dienone is 1. The van der Waals surface area contributed by atoms with E-state index in [0.29, 0.717) is 6.42 Å².